The van der Waals surface area contributed by atoms with Gasteiger partial charge in [-0.1, -0.05) is 98.8 Å². The lowest BCUT2D eigenvalue weighted by molar-refractivity contribution is -0.175. The third-order valence-electron chi connectivity index (χ3n) is 13.7. The molecule has 4 rings (SSSR count). The first-order valence-corrected chi connectivity index (χ1v) is 18.2. The first kappa shape index (κ1) is 34.4. The summed E-state index contributed by atoms with van der Waals surface area (Å²) in [4.78, 5) is 13.5. The smallest absolute Gasteiger partial charge is 0.136 e. The summed E-state index contributed by atoms with van der Waals surface area (Å²) in [5, 5.41) is 43.6. The lowest BCUT2D eigenvalue weighted by Gasteiger charge is -2.61. The third-order valence-corrected chi connectivity index (χ3v) is 13.7. The summed E-state index contributed by atoms with van der Waals surface area (Å²) in [6.07, 6.45) is 16.9. The number of ketones is 1. The minimum absolute atomic E-state index is 0.0241. The van der Waals surface area contributed by atoms with Gasteiger partial charge in [0, 0.05) is 12.3 Å². The predicted molar refractivity (Wildman–Crippen MR) is 170 cm³/mol. The molecule has 5 heteroatoms. The van der Waals surface area contributed by atoms with Crippen molar-refractivity contribution in [1.82, 2.24) is 0 Å². The standard InChI is InChI=1S/C37H66O5/c1-6-7-8-9-10-11-12-13-14-15-16-24(2)34(41)35(42)25(3)27-17-18-28-26-21-31(38)30-22-32(39)33(40)23-37(30,5)29(26)19-20-36(27,28)4/h24-30,32-35,39-42H,6-23H2,1-5H3/t24-,25-,26-,27+,28-,29-,30?,32-,33+,34+,35+,36+,37+/m0/s1. The van der Waals surface area contributed by atoms with Crippen molar-refractivity contribution in [1.29, 1.82) is 0 Å². The van der Waals surface area contributed by atoms with Crippen LogP contribution in [-0.4, -0.2) is 50.6 Å². The highest BCUT2D eigenvalue weighted by Gasteiger charge is 2.63. The van der Waals surface area contributed by atoms with Crippen LogP contribution in [0.25, 0.3) is 0 Å². The molecule has 244 valence electrons. The van der Waals surface area contributed by atoms with E-state index >= 15 is 0 Å². The lowest BCUT2D eigenvalue weighted by Crippen LogP contribution is -2.59. The zero-order valence-electron chi connectivity index (χ0n) is 27.8. The highest BCUT2D eigenvalue weighted by molar-refractivity contribution is 5.83. The Morgan fingerprint density at radius 1 is 0.786 bits per heavy atom. The molecule has 4 fully saturated rings. The number of Topliss-reactive ketones (excluding diaryl/α,β-unsaturated/α-hetero) is 1. The van der Waals surface area contributed by atoms with Gasteiger partial charge in [0.2, 0.25) is 0 Å². The number of fused-ring (bicyclic) bond motifs is 5. The lowest BCUT2D eigenvalue weighted by atomic mass is 9.44. The SMILES string of the molecule is CCCCCCCCCCCC[C@H](C)[C@@H](O)[C@H](O)[C@@H](C)[C@H]1CC[C@H]2[C@@H]3CC(=O)C4C[C@H](O)[C@H](O)C[C@]4(C)[C@H]3CC[C@]12C. The highest BCUT2D eigenvalue weighted by Crippen LogP contribution is 2.68. The summed E-state index contributed by atoms with van der Waals surface area (Å²) in [6, 6.07) is 0. The van der Waals surface area contributed by atoms with E-state index in [1.54, 1.807) is 0 Å². The van der Waals surface area contributed by atoms with Crippen molar-refractivity contribution in [2.45, 2.75) is 175 Å². The van der Waals surface area contributed by atoms with Gasteiger partial charge in [-0.3, -0.25) is 4.79 Å². The number of hydrogen-bond acceptors (Lipinski definition) is 5. The van der Waals surface area contributed by atoms with Crippen LogP contribution >= 0.6 is 0 Å². The molecule has 0 aromatic carbocycles. The van der Waals surface area contributed by atoms with E-state index in [9.17, 15) is 25.2 Å². The van der Waals surface area contributed by atoms with Gasteiger partial charge in [0.05, 0.1) is 24.4 Å². The normalized spacial score (nSPS) is 41.0. The number of aliphatic hydroxyl groups excluding tert-OH is 4. The second kappa shape index (κ2) is 14.7. The van der Waals surface area contributed by atoms with Gasteiger partial charge in [-0.2, -0.15) is 0 Å². The molecule has 4 saturated carbocycles. The van der Waals surface area contributed by atoms with Crippen LogP contribution < -0.4 is 0 Å². The molecule has 1 unspecified atom stereocenters. The van der Waals surface area contributed by atoms with Crippen LogP contribution in [0.4, 0.5) is 0 Å². The topological polar surface area (TPSA) is 98.0 Å². The Morgan fingerprint density at radius 2 is 1.38 bits per heavy atom. The zero-order chi connectivity index (χ0) is 30.7. The molecule has 0 heterocycles. The molecular weight excluding hydrogens is 524 g/mol. The molecule has 13 atom stereocenters. The van der Waals surface area contributed by atoms with Crippen LogP contribution in [-0.2, 0) is 4.79 Å². The fourth-order valence-electron chi connectivity index (χ4n) is 11.0. The highest BCUT2D eigenvalue weighted by atomic mass is 16.3. The second-order valence-electron chi connectivity index (χ2n) is 16.2. The average molecular weight is 591 g/mol. The van der Waals surface area contributed by atoms with Crippen LogP contribution in [0, 0.1) is 52.3 Å². The predicted octanol–water partition coefficient (Wildman–Crippen LogP) is 7.46. The molecule has 0 amide bonds. The van der Waals surface area contributed by atoms with Gasteiger partial charge in [0.25, 0.3) is 0 Å². The number of unbranched alkanes of at least 4 members (excludes halogenated alkanes) is 9. The number of carbonyl (C=O) groups excluding carboxylic acids is 1. The molecule has 0 radical (unpaired) electrons. The summed E-state index contributed by atoms with van der Waals surface area (Å²) >= 11 is 0. The van der Waals surface area contributed by atoms with E-state index in [4.69, 9.17) is 0 Å². The monoisotopic (exact) mass is 590 g/mol. The third kappa shape index (κ3) is 7.00. The Balaban J connectivity index is 1.28. The maximum absolute atomic E-state index is 13.5. The fraction of sp³-hybridized carbons (Fsp3) is 0.973. The number of hydrogen-bond donors (Lipinski definition) is 4. The minimum atomic E-state index is -0.783. The molecule has 0 aromatic rings. The van der Waals surface area contributed by atoms with Crippen LogP contribution in [0.2, 0.25) is 0 Å². The van der Waals surface area contributed by atoms with E-state index < -0.39 is 24.4 Å². The number of rotatable bonds is 15. The van der Waals surface area contributed by atoms with Crippen LogP contribution in [0.3, 0.4) is 0 Å². The summed E-state index contributed by atoms with van der Waals surface area (Å²) in [5.41, 5.74) is -0.166. The first-order chi connectivity index (χ1) is 20.0. The van der Waals surface area contributed by atoms with Gasteiger partial charge in [-0.15, -0.1) is 0 Å². The number of aliphatic hydroxyl groups is 4. The van der Waals surface area contributed by atoms with E-state index in [1.165, 1.54) is 57.8 Å². The molecule has 0 bridgehead atoms. The second-order valence-corrected chi connectivity index (χ2v) is 16.2. The van der Waals surface area contributed by atoms with Crippen molar-refractivity contribution >= 4 is 5.78 Å². The largest absolute Gasteiger partial charge is 0.390 e. The van der Waals surface area contributed by atoms with Crippen molar-refractivity contribution < 1.29 is 25.2 Å². The summed E-state index contributed by atoms with van der Waals surface area (Å²) in [7, 11) is 0. The van der Waals surface area contributed by atoms with Crippen LogP contribution in [0.15, 0.2) is 0 Å². The summed E-state index contributed by atoms with van der Waals surface area (Å²) in [5.74, 6) is 1.81. The van der Waals surface area contributed by atoms with Gasteiger partial charge in [0.15, 0.2) is 0 Å². The molecule has 5 nitrogen and oxygen atoms in total. The van der Waals surface area contributed by atoms with E-state index in [2.05, 4.69) is 34.6 Å². The molecule has 4 aliphatic carbocycles. The van der Waals surface area contributed by atoms with Crippen molar-refractivity contribution in [3.8, 4) is 0 Å². The first-order valence-electron chi connectivity index (χ1n) is 18.2. The van der Waals surface area contributed by atoms with Gasteiger partial charge in [0.1, 0.15) is 5.78 Å². The molecule has 4 N–H and O–H groups in total. The maximum Gasteiger partial charge on any atom is 0.136 e. The summed E-state index contributed by atoms with van der Waals surface area (Å²) in [6.45, 7) is 11.2. The zero-order valence-corrected chi connectivity index (χ0v) is 27.8. The average Bonchev–Trinajstić information content (AvgIpc) is 3.31. The Kier molecular flexibility index (Phi) is 12.1. The van der Waals surface area contributed by atoms with E-state index in [-0.39, 0.29) is 28.6 Å². The quantitative estimate of drug-likeness (QED) is 0.148. The molecule has 0 aliphatic heterocycles. The molecule has 4 aliphatic rings. The maximum atomic E-state index is 13.5. The Bertz CT molecular complexity index is 861. The van der Waals surface area contributed by atoms with Crippen LogP contribution in [0.5, 0.6) is 0 Å². The van der Waals surface area contributed by atoms with Gasteiger partial charge >= 0.3 is 0 Å². The fourth-order valence-corrected chi connectivity index (χ4v) is 11.0. The number of carbonyl (C=O) groups is 1. The Morgan fingerprint density at radius 3 is 2.02 bits per heavy atom. The Hall–Kier alpha value is -0.490. The van der Waals surface area contributed by atoms with Gasteiger partial charge < -0.3 is 20.4 Å². The summed E-state index contributed by atoms with van der Waals surface area (Å²) < 4.78 is 0. The van der Waals surface area contributed by atoms with E-state index in [0.717, 1.165) is 38.5 Å². The molecule has 42 heavy (non-hydrogen) atoms. The van der Waals surface area contributed by atoms with Crippen molar-refractivity contribution in [3.63, 3.8) is 0 Å². The van der Waals surface area contributed by atoms with Gasteiger partial charge in [-0.05, 0) is 91.3 Å². The van der Waals surface area contributed by atoms with Crippen molar-refractivity contribution in [2.75, 3.05) is 0 Å². The van der Waals surface area contributed by atoms with Crippen molar-refractivity contribution in [3.05, 3.63) is 0 Å². The van der Waals surface area contributed by atoms with Crippen molar-refractivity contribution in [2.24, 2.45) is 52.3 Å². The minimum Gasteiger partial charge on any atom is -0.390 e. The molecule has 0 spiro atoms. The molecular formula is C37H66O5. The molecule has 0 aromatic heterocycles. The van der Waals surface area contributed by atoms with Crippen LogP contribution in [0.1, 0.15) is 150 Å². The van der Waals surface area contributed by atoms with E-state index in [0.29, 0.717) is 48.7 Å². The Labute approximate surface area is 257 Å². The molecule has 0 saturated heterocycles. The van der Waals surface area contributed by atoms with Gasteiger partial charge in [-0.25, -0.2) is 0 Å². The van der Waals surface area contributed by atoms with E-state index in [1.807, 2.05) is 0 Å².